The Bertz CT molecular complexity index is 810. The molecule has 3 aliphatic heterocycles. The standard InChI is InChI=1S/C20H25ClO6/c1-8(2)18-13(21)14-20(27-14)17(3)5-4-9-10(7-25-15(9)22)11(17)6-12(26-18)19(20,24)16(18)23/h8,11-14,16,23-24H,4-7H2,1-3H3/t11-,12+,13+,14+,16+,17-,18+,19+,20+/m0/s1. The summed E-state index contributed by atoms with van der Waals surface area (Å²) in [6, 6.07) is 0. The number of carbonyl (C=O) groups is 1. The predicted octanol–water partition coefficient (Wildman–Crippen LogP) is 1.30. The summed E-state index contributed by atoms with van der Waals surface area (Å²) < 4.78 is 18.1. The summed E-state index contributed by atoms with van der Waals surface area (Å²) in [5.41, 5.74) is -2.09. The number of rotatable bonds is 1. The van der Waals surface area contributed by atoms with Crippen LogP contribution in [0.1, 0.15) is 40.0 Å². The Balaban J connectivity index is 1.56. The molecular weight excluding hydrogens is 372 g/mol. The van der Waals surface area contributed by atoms with Gasteiger partial charge in [-0.1, -0.05) is 20.8 Å². The van der Waals surface area contributed by atoms with Gasteiger partial charge in [0, 0.05) is 11.0 Å². The fraction of sp³-hybridized carbons (Fsp3) is 0.850. The SMILES string of the molecule is CC(C)[C@@]12O[C@@H]3C[C@H]4C5=C(CC[C@]4(C)[C@@]4(O[C@@H]4[C@H]1Cl)[C@]3(O)[C@@H]2O)C(=O)OC5. The minimum absolute atomic E-state index is 0.0140. The van der Waals surface area contributed by atoms with Crippen LogP contribution >= 0.6 is 11.6 Å². The van der Waals surface area contributed by atoms with Crippen molar-refractivity contribution in [3.8, 4) is 0 Å². The number of epoxide rings is 1. The van der Waals surface area contributed by atoms with Crippen molar-refractivity contribution >= 4 is 17.6 Å². The smallest absolute Gasteiger partial charge is 0.334 e. The van der Waals surface area contributed by atoms with Crippen LogP contribution in [0.2, 0.25) is 0 Å². The maximum Gasteiger partial charge on any atom is 0.334 e. The van der Waals surface area contributed by atoms with Crippen molar-refractivity contribution in [2.45, 2.75) is 80.5 Å². The summed E-state index contributed by atoms with van der Waals surface area (Å²) in [5, 5.41) is 22.8. The minimum Gasteiger partial charge on any atom is -0.458 e. The highest BCUT2D eigenvalue weighted by atomic mass is 35.5. The fourth-order valence-electron chi connectivity index (χ4n) is 7.51. The van der Waals surface area contributed by atoms with Crippen LogP contribution in [0.5, 0.6) is 0 Å². The van der Waals surface area contributed by atoms with Crippen molar-refractivity contribution in [3.63, 3.8) is 0 Å². The van der Waals surface area contributed by atoms with Crippen molar-refractivity contribution < 1.29 is 29.2 Å². The molecule has 2 saturated carbocycles. The molecule has 0 radical (unpaired) electrons. The lowest BCUT2D eigenvalue weighted by Crippen LogP contribution is -2.76. The van der Waals surface area contributed by atoms with Crippen LogP contribution in [0.25, 0.3) is 0 Å². The Morgan fingerprint density at radius 3 is 2.74 bits per heavy atom. The van der Waals surface area contributed by atoms with Gasteiger partial charge in [0.1, 0.15) is 30.0 Å². The van der Waals surface area contributed by atoms with Gasteiger partial charge in [0.15, 0.2) is 5.60 Å². The molecule has 2 bridgehead atoms. The quantitative estimate of drug-likeness (QED) is 0.394. The van der Waals surface area contributed by atoms with Gasteiger partial charge in [-0.3, -0.25) is 0 Å². The average Bonchev–Trinajstić information content (AvgIpc) is 3.23. The molecule has 9 atom stereocenters. The largest absolute Gasteiger partial charge is 0.458 e. The molecule has 148 valence electrons. The third kappa shape index (κ3) is 1.43. The van der Waals surface area contributed by atoms with E-state index in [0.717, 1.165) is 11.1 Å². The number of fused-ring (bicyclic) bond motifs is 3. The van der Waals surface area contributed by atoms with Crippen LogP contribution in [0.15, 0.2) is 11.1 Å². The van der Waals surface area contributed by atoms with E-state index in [4.69, 9.17) is 25.8 Å². The van der Waals surface area contributed by atoms with E-state index in [2.05, 4.69) is 6.92 Å². The number of carbonyl (C=O) groups excluding carboxylic acids is 1. The zero-order valence-electron chi connectivity index (χ0n) is 15.7. The van der Waals surface area contributed by atoms with Gasteiger partial charge < -0.3 is 24.4 Å². The number of hydrogen-bond donors (Lipinski definition) is 2. The van der Waals surface area contributed by atoms with Crippen LogP contribution < -0.4 is 0 Å². The van der Waals surface area contributed by atoms with Crippen LogP contribution in [0.3, 0.4) is 0 Å². The van der Waals surface area contributed by atoms with E-state index in [9.17, 15) is 15.0 Å². The first kappa shape index (κ1) is 17.2. The van der Waals surface area contributed by atoms with Crippen molar-refractivity contribution in [3.05, 3.63) is 11.1 Å². The monoisotopic (exact) mass is 396 g/mol. The summed E-state index contributed by atoms with van der Waals surface area (Å²) in [7, 11) is 0. The topological polar surface area (TPSA) is 88.5 Å². The van der Waals surface area contributed by atoms with Crippen LogP contribution in [0.4, 0.5) is 0 Å². The highest BCUT2D eigenvalue weighted by Crippen LogP contribution is 2.77. The average molecular weight is 397 g/mol. The lowest BCUT2D eigenvalue weighted by molar-refractivity contribution is -0.206. The van der Waals surface area contributed by atoms with Gasteiger partial charge in [-0.05, 0) is 36.7 Å². The van der Waals surface area contributed by atoms with Gasteiger partial charge in [0.2, 0.25) is 0 Å². The molecule has 2 saturated heterocycles. The number of cyclic esters (lactones) is 1. The molecule has 0 aromatic carbocycles. The number of ether oxygens (including phenoxy) is 3. The molecule has 2 N–H and O–H groups in total. The number of esters is 1. The number of aliphatic hydroxyl groups excluding tert-OH is 1. The summed E-state index contributed by atoms with van der Waals surface area (Å²) in [6.07, 6.45) is -0.209. The van der Waals surface area contributed by atoms with Crippen LogP contribution in [-0.2, 0) is 19.0 Å². The van der Waals surface area contributed by atoms with Gasteiger partial charge in [-0.2, -0.15) is 0 Å². The molecule has 27 heavy (non-hydrogen) atoms. The second kappa shape index (κ2) is 4.57. The number of hydrogen-bond acceptors (Lipinski definition) is 6. The highest BCUT2D eigenvalue weighted by Gasteiger charge is 2.94. The van der Waals surface area contributed by atoms with E-state index < -0.39 is 39.8 Å². The van der Waals surface area contributed by atoms with E-state index in [1.54, 1.807) is 0 Å². The number of aliphatic hydroxyl groups is 2. The molecule has 4 fully saturated rings. The van der Waals surface area contributed by atoms with E-state index in [1.807, 2.05) is 13.8 Å². The maximum absolute atomic E-state index is 12.1. The van der Waals surface area contributed by atoms with E-state index in [1.165, 1.54) is 0 Å². The molecule has 3 aliphatic carbocycles. The van der Waals surface area contributed by atoms with Gasteiger partial charge >= 0.3 is 5.97 Å². The molecule has 3 heterocycles. The van der Waals surface area contributed by atoms with E-state index in [0.29, 0.717) is 25.9 Å². The van der Waals surface area contributed by atoms with Gasteiger partial charge in [0.25, 0.3) is 0 Å². The molecule has 0 unspecified atom stereocenters. The Morgan fingerprint density at radius 2 is 2.04 bits per heavy atom. The maximum atomic E-state index is 12.1. The number of halogens is 1. The Morgan fingerprint density at radius 1 is 1.30 bits per heavy atom. The Hall–Kier alpha value is -0.660. The zero-order valence-corrected chi connectivity index (χ0v) is 16.5. The third-order valence-electron chi connectivity index (χ3n) is 8.91. The summed E-state index contributed by atoms with van der Waals surface area (Å²) in [5.74, 6) is -0.280. The van der Waals surface area contributed by atoms with Gasteiger partial charge in [0.05, 0.1) is 11.5 Å². The predicted molar refractivity (Wildman–Crippen MR) is 94.1 cm³/mol. The van der Waals surface area contributed by atoms with Gasteiger partial charge in [-0.25, -0.2) is 4.79 Å². The molecular formula is C20H25ClO6. The molecule has 1 spiro atoms. The molecule has 6 aliphatic rings. The Kier molecular flexibility index (Phi) is 2.91. The highest BCUT2D eigenvalue weighted by molar-refractivity contribution is 6.22. The molecule has 6 nitrogen and oxygen atoms in total. The molecule has 6 rings (SSSR count). The first-order valence-electron chi connectivity index (χ1n) is 9.95. The molecule has 0 aromatic rings. The van der Waals surface area contributed by atoms with E-state index >= 15 is 0 Å². The van der Waals surface area contributed by atoms with E-state index in [-0.39, 0.29) is 23.9 Å². The number of alkyl halides is 1. The summed E-state index contributed by atoms with van der Waals surface area (Å²) >= 11 is 6.89. The minimum atomic E-state index is -1.49. The molecule has 0 aromatic heterocycles. The zero-order chi connectivity index (χ0) is 19.1. The second-order valence-electron chi connectivity index (χ2n) is 9.80. The summed E-state index contributed by atoms with van der Waals surface area (Å²) in [4.78, 5) is 12.1. The normalized spacial score (nSPS) is 60.1. The Labute approximate surface area is 162 Å². The van der Waals surface area contributed by atoms with Crippen molar-refractivity contribution in [2.24, 2.45) is 17.3 Å². The van der Waals surface area contributed by atoms with Crippen LogP contribution in [-0.4, -0.2) is 63.3 Å². The fourth-order valence-corrected chi connectivity index (χ4v) is 8.16. The lowest BCUT2D eigenvalue weighted by Gasteiger charge is -2.58. The van der Waals surface area contributed by atoms with Gasteiger partial charge in [-0.15, -0.1) is 11.6 Å². The van der Waals surface area contributed by atoms with Crippen molar-refractivity contribution in [2.75, 3.05) is 6.61 Å². The summed E-state index contributed by atoms with van der Waals surface area (Å²) in [6.45, 7) is 6.36. The molecule has 0 amide bonds. The van der Waals surface area contributed by atoms with Crippen LogP contribution in [0, 0.1) is 17.3 Å². The molecule has 7 heteroatoms. The third-order valence-corrected chi connectivity index (χ3v) is 9.48. The first-order chi connectivity index (χ1) is 12.7. The van der Waals surface area contributed by atoms with Crippen molar-refractivity contribution in [1.82, 2.24) is 0 Å². The second-order valence-corrected chi connectivity index (χ2v) is 10.3. The first-order valence-corrected chi connectivity index (χ1v) is 10.4. The lowest BCUT2D eigenvalue weighted by atomic mass is 9.45. The van der Waals surface area contributed by atoms with Crippen molar-refractivity contribution in [1.29, 1.82) is 0 Å².